The van der Waals surface area contributed by atoms with Crippen molar-refractivity contribution in [1.82, 2.24) is 4.98 Å². The number of benzene rings is 1. The number of hydrogen-bond acceptors (Lipinski definition) is 6. The summed E-state index contributed by atoms with van der Waals surface area (Å²) in [5, 5.41) is 13.9. The number of aryl methyl sites for hydroxylation is 1. The number of primary amides is 1. The molecule has 190 valence electrons. The van der Waals surface area contributed by atoms with Crippen LogP contribution in [0.2, 0.25) is 0 Å². The van der Waals surface area contributed by atoms with Crippen LogP contribution >= 0.6 is 11.3 Å². The highest BCUT2D eigenvalue weighted by Crippen LogP contribution is 2.40. The van der Waals surface area contributed by atoms with E-state index in [2.05, 4.69) is 5.32 Å². The van der Waals surface area contributed by atoms with E-state index in [1.807, 2.05) is 19.9 Å². The van der Waals surface area contributed by atoms with E-state index in [1.54, 1.807) is 36.9 Å². The Balaban J connectivity index is 1.78. The van der Waals surface area contributed by atoms with Crippen LogP contribution in [0.3, 0.4) is 0 Å². The molecule has 36 heavy (non-hydrogen) atoms. The minimum Gasteiger partial charge on any atom is -0.386 e. The van der Waals surface area contributed by atoms with Crippen molar-refractivity contribution < 1.29 is 19.1 Å². The number of aliphatic hydroxyl groups is 1. The summed E-state index contributed by atoms with van der Waals surface area (Å²) in [7, 11) is 0. The molecule has 0 bridgehead atoms. The highest BCUT2D eigenvalue weighted by atomic mass is 32.1. The molecule has 0 atom stereocenters. The first-order valence-electron chi connectivity index (χ1n) is 12.1. The first-order chi connectivity index (χ1) is 17.0. The summed E-state index contributed by atoms with van der Waals surface area (Å²) < 4.78 is 15.0. The predicted molar refractivity (Wildman–Crippen MR) is 141 cm³/mol. The molecule has 2 amide bonds. The van der Waals surface area contributed by atoms with E-state index in [4.69, 9.17) is 10.7 Å². The first kappa shape index (κ1) is 25.8. The Labute approximate surface area is 214 Å². The Hall–Kier alpha value is -3.30. The van der Waals surface area contributed by atoms with Crippen molar-refractivity contribution in [2.45, 2.75) is 59.0 Å². The van der Waals surface area contributed by atoms with Crippen molar-refractivity contribution in [3.63, 3.8) is 0 Å². The number of nitrogens with zero attached hydrogens (tertiary/aromatic N) is 2. The molecule has 0 aliphatic carbocycles. The van der Waals surface area contributed by atoms with E-state index in [0.717, 1.165) is 24.0 Å². The van der Waals surface area contributed by atoms with Crippen molar-refractivity contribution in [3.8, 4) is 10.4 Å². The van der Waals surface area contributed by atoms with Gasteiger partial charge in [-0.3, -0.25) is 14.5 Å². The number of amides is 2. The van der Waals surface area contributed by atoms with Gasteiger partial charge in [-0.25, -0.2) is 9.37 Å². The predicted octanol–water partition coefficient (Wildman–Crippen LogP) is 5.27. The number of carbonyl (C=O) groups is 2. The Morgan fingerprint density at radius 3 is 2.56 bits per heavy atom. The number of aromatic nitrogens is 1. The van der Waals surface area contributed by atoms with Gasteiger partial charge in [-0.2, -0.15) is 0 Å². The fourth-order valence-electron chi connectivity index (χ4n) is 4.45. The van der Waals surface area contributed by atoms with Crippen LogP contribution in [0.15, 0.2) is 30.3 Å². The molecule has 1 aliphatic rings. The number of pyridine rings is 1. The molecule has 1 aromatic carbocycles. The number of carbonyl (C=O) groups excluding carboxylic acids is 2. The van der Waals surface area contributed by atoms with Gasteiger partial charge in [0.15, 0.2) is 0 Å². The third-order valence-corrected chi connectivity index (χ3v) is 7.54. The highest BCUT2D eigenvalue weighted by Gasteiger charge is 2.26. The van der Waals surface area contributed by atoms with E-state index in [-0.39, 0.29) is 11.5 Å². The molecule has 1 fully saturated rings. The summed E-state index contributed by atoms with van der Waals surface area (Å²) in [6, 6.07) is 8.08. The molecule has 0 spiro atoms. The number of thiophene rings is 1. The molecule has 7 nitrogen and oxygen atoms in total. The van der Waals surface area contributed by atoms with Gasteiger partial charge in [0.05, 0.1) is 11.2 Å². The van der Waals surface area contributed by atoms with Crippen LogP contribution in [0, 0.1) is 5.82 Å². The van der Waals surface area contributed by atoms with Crippen LogP contribution in [0.4, 0.5) is 21.0 Å². The van der Waals surface area contributed by atoms with E-state index in [9.17, 15) is 14.7 Å². The zero-order valence-corrected chi connectivity index (χ0v) is 21.8. The fraction of sp³-hybridized carbons (Fsp3) is 0.370. The van der Waals surface area contributed by atoms with Gasteiger partial charge >= 0.3 is 0 Å². The number of halogens is 1. The maximum atomic E-state index is 15.0. The third kappa shape index (κ3) is 4.99. The largest absolute Gasteiger partial charge is 0.386 e. The maximum absolute atomic E-state index is 15.0. The van der Waals surface area contributed by atoms with Crippen molar-refractivity contribution in [3.05, 3.63) is 58.4 Å². The van der Waals surface area contributed by atoms with Crippen LogP contribution in [0.25, 0.3) is 10.4 Å². The lowest BCUT2D eigenvalue weighted by atomic mass is 9.96. The fourth-order valence-corrected chi connectivity index (χ4v) is 5.54. The van der Waals surface area contributed by atoms with Crippen molar-refractivity contribution in [1.29, 1.82) is 0 Å². The van der Waals surface area contributed by atoms with Crippen LogP contribution in [-0.2, 0) is 23.2 Å². The summed E-state index contributed by atoms with van der Waals surface area (Å²) in [6.07, 6.45) is 2.74. The molecule has 9 heteroatoms. The Kier molecular flexibility index (Phi) is 7.15. The molecule has 2 aromatic heterocycles. The number of nitrogens with one attached hydrogen (secondary N) is 1. The second-order valence-corrected chi connectivity index (χ2v) is 10.5. The average molecular weight is 511 g/mol. The van der Waals surface area contributed by atoms with Crippen molar-refractivity contribution in [2.24, 2.45) is 5.73 Å². The Morgan fingerprint density at radius 1 is 1.25 bits per heavy atom. The smallest absolute Gasteiger partial charge is 0.251 e. The summed E-state index contributed by atoms with van der Waals surface area (Å²) in [5.74, 6) is 0.0303. The van der Waals surface area contributed by atoms with Gasteiger partial charge in [0.2, 0.25) is 5.91 Å². The summed E-state index contributed by atoms with van der Waals surface area (Å²) in [4.78, 5) is 31.7. The SMILES string of the molecule is CCc1cc(N2CCCC2=O)nc(Nc2sc(-c3ccc(C(C)(C)O)cc3F)cc2C(N)=O)c1CC. The molecule has 1 saturated heterocycles. The minimum absolute atomic E-state index is 0.0426. The van der Waals surface area contributed by atoms with E-state index in [1.165, 1.54) is 17.4 Å². The second-order valence-electron chi connectivity index (χ2n) is 9.42. The average Bonchev–Trinajstić information content (AvgIpc) is 3.44. The summed E-state index contributed by atoms with van der Waals surface area (Å²) in [5.41, 5.74) is 7.53. The molecule has 0 radical (unpaired) electrons. The van der Waals surface area contributed by atoms with Crippen LogP contribution in [0.1, 0.15) is 67.6 Å². The van der Waals surface area contributed by atoms with Crippen LogP contribution in [0.5, 0.6) is 0 Å². The number of hydrogen-bond donors (Lipinski definition) is 3. The first-order valence-corrected chi connectivity index (χ1v) is 12.9. The van der Waals surface area contributed by atoms with Gasteiger partial charge in [-0.1, -0.05) is 26.0 Å². The van der Waals surface area contributed by atoms with Gasteiger partial charge in [0.1, 0.15) is 22.5 Å². The molecule has 3 heterocycles. The molecule has 1 aliphatic heterocycles. The van der Waals surface area contributed by atoms with Crippen molar-refractivity contribution >= 4 is 39.8 Å². The number of nitrogens with two attached hydrogens (primary N) is 1. The van der Waals surface area contributed by atoms with Gasteiger partial charge in [0, 0.05) is 23.4 Å². The highest BCUT2D eigenvalue weighted by molar-refractivity contribution is 7.20. The minimum atomic E-state index is -1.18. The lowest BCUT2D eigenvalue weighted by molar-refractivity contribution is -0.117. The molecule has 4 N–H and O–H groups in total. The van der Waals surface area contributed by atoms with Gasteiger partial charge < -0.3 is 16.2 Å². The Morgan fingerprint density at radius 2 is 2.00 bits per heavy atom. The summed E-state index contributed by atoms with van der Waals surface area (Å²) in [6.45, 7) is 7.87. The molecule has 0 unspecified atom stereocenters. The number of anilines is 3. The molecular weight excluding hydrogens is 479 g/mol. The zero-order chi connectivity index (χ0) is 26.2. The standard InChI is InChI=1S/C27H31FN4O3S/c1-5-15-12-22(32-11-7-8-23(32)33)30-25(17(15)6-2)31-26-19(24(29)34)14-21(36-26)18-10-9-16(13-20(18)28)27(3,4)35/h9-10,12-14,35H,5-8,11H2,1-4H3,(H2,29,34)(H,30,31). The lowest BCUT2D eigenvalue weighted by Crippen LogP contribution is -2.25. The van der Waals surface area contributed by atoms with Gasteiger partial charge in [-0.15, -0.1) is 11.3 Å². The van der Waals surface area contributed by atoms with E-state index in [0.29, 0.717) is 52.0 Å². The Bertz CT molecular complexity index is 1330. The second kappa shape index (κ2) is 9.99. The molecular formula is C27H31FN4O3S. The molecule has 3 aromatic rings. The van der Waals surface area contributed by atoms with Gasteiger partial charge in [0.25, 0.3) is 5.91 Å². The topological polar surface area (TPSA) is 109 Å². The third-order valence-electron chi connectivity index (χ3n) is 6.46. The number of rotatable bonds is 8. The lowest BCUT2D eigenvalue weighted by Gasteiger charge is -2.20. The van der Waals surface area contributed by atoms with Crippen molar-refractivity contribution in [2.75, 3.05) is 16.8 Å². The monoisotopic (exact) mass is 510 g/mol. The van der Waals surface area contributed by atoms with Crippen LogP contribution < -0.4 is 16.0 Å². The zero-order valence-electron chi connectivity index (χ0n) is 20.9. The van der Waals surface area contributed by atoms with Gasteiger partial charge in [-0.05, 0) is 68.0 Å². The normalized spacial score (nSPS) is 13.9. The molecule has 0 saturated carbocycles. The summed E-state index contributed by atoms with van der Waals surface area (Å²) >= 11 is 1.20. The van der Waals surface area contributed by atoms with E-state index < -0.39 is 17.3 Å². The van der Waals surface area contributed by atoms with Crippen LogP contribution in [-0.4, -0.2) is 28.4 Å². The van der Waals surface area contributed by atoms with E-state index >= 15 is 4.39 Å². The quantitative estimate of drug-likeness (QED) is 0.383. The maximum Gasteiger partial charge on any atom is 0.251 e. The molecule has 4 rings (SSSR count).